The van der Waals surface area contributed by atoms with Crippen molar-refractivity contribution in [2.45, 2.75) is 18.7 Å². The molecule has 0 fully saturated rings. The maximum absolute atomic E-state index is 12.8. The molecule has 0 bridgehead atoms. The van der Waals surface area contributed by atoms with E-state index in [1.165, 1.54) is 0 Å². The summed E-state index contributed by atoms with van der Waals surface area (Å²) in [6, 6.07) is 20.1. The molecule has 2 atom stereocenters. The van der Waals surface area contributed by atoms with E-state index in [1.54, 1.807) is 60.9 Å². The molecule has 2 aliphatic heterocycles. The largest absolute Gasteiger partial charge is 0.497 e. The first-order chi connectivity index (χ1) is 24.4. The molecular weight excluding hydrogens is 646 g/mol. The van der Waals surface area contributed by atoms with Crippen LogP contribution in [0.5, 0.6) is 46.0 Å². The van der Waals surface area contributed by atoms with Crippen LogP contribution in [0.1, 0.15) is 45.7 Å². The van der Waals surface area contributed by atoms with Crippen molar-refractivity contribution in [3.8, 4) is 46.0 Å². The average Bonchev–Trinajstić information content (AvgIpc) is 3.66. The minimum atomic E-state index is -0.457. The summed E-state index contributed by atoms with van der Waals surface area (Å²) < 4.78 is 45.0. The molecule has 6 rings (SSSR count). The second-order valence-electron chi connectivity index (χ2n) is 11.2. The van der Waals surface area contributed by atoms with Gasteiger partial charge in [0.1, 0.15) is 25.1 Å². The van der Waals surface area contributed by atoms with Crippen molar-refractivity contribution in [2.24, 2.45) is 5.16 Å². The number of ether oxygens (including phenoxy) is 8. The number of anilines is 1. The lowest BCUT2D eigenvalue weighted by atomic mass is 9.99. The van der Waals surface area contributed by atoms with E-state index in [9.17, 15) is 4.79 Å². The summed E-state index contributed by atoms with van der Waals surface area (Å²) in [6.45, 7) is 0.451. The van der Waals surface area contributed by atoms with Crippen LogP contribution in [0.25, 0.3) is 0 Å². The molecule has 1 amide bonds. The fourth-order valence-electron chi connectivity index (χ4n) is 5.80. The lowest BCUT2D eigenvalue weighted by Crippen LogP contribution is -2.38. The Kier molecular flexibility index (Phi) is 10.2. The molecule has 2 heterocycles. The smallest absolute Gasteiger partial charge is 0.255 e. The first kappa shape index (κ1) is 33.9. The number of carbonyl (C=O) groups is 1. The second kappa shape index (κ2) is 15.1. The molecule has 0 spiro atoms. The molecule has 13 heteroatoms. The monoisotopic (exact) mass is 685 g/mol. The normalized spacial score (nSPS) is 16.1. The molecule has 2 aliphatic rings. The van der Waals surface area contributed by atoms with Crippen molar-refractivity contribution in [1.82, 2.24) is 5.32 Å². The zero-order valence-electron chi connectivity index (χ0n) is 28.7. The molecule has 2 unspecified atom stereocenters. The highest BCUT2D eigenvalue weighted by Gasteiger charge is 2.28. The molecular formula is C37H39N3O10. The third kappa shape index (κ3) is 6.93. The summed E-state index contributed by atoms with van der Waals surface area (Å²) in [7, 11) is 9.42. The SMILES string of the molecule is COc1ccc2c(c1)C(=O)NC(c1ccc(OCCOc3cc(C4=NOC(c5cc(OC)c(OC)c(OC)c5)C4)ccc3OC)c(OC)c1)N2. The predicted octanol–water partition coefficient (Wildman–Crippen LogP) is 5.92. The predicted molar refractivity (Wildman–Crippen MR) is 185 cm³/mol. The van der Waals surface area contributed by atoms with Crippen molar-refractivity contribution in [1.29, 1.82) is 0 Å². The fraction of sp³-hybridized carbons (Fsp3) is 0.297. The first-order valence-electron chi connectivity index (χ1n) is 15.8. The van der Waals surface area contributed by atoms with E-state index in [2.05, 4.69) is 15.8 Å². The minimum Gasteiger partial charge on any atom is -0.497 e. The molecule has 0 saturated heterocycles. The van der Waals surface area contributed by atoms with Gasteiger partial charge in [-0.1, -0.05) is 11.2 Å². The van der Waals surface area contributed by atoms with Crippen LogP contribution < -0.4 is 48.5 Å². The van der Waals surface area contributed by atoms with Gasteiger partial charge in [-0.3, -0.25) is 4.79 Å². The van der Waals surface area contributed by atoms with E-state index < -0.39 is 6.17 Å². The number of carbonyl (C=O) groups excluding carboxylic acids is 1. The maximum atomic E-state index is 12.8. The number of oxime groups is 1. The van der Waals surface area contributed by atoms with Gasteiger partial charge in [0, 0.05) is 23.2 Å². The minimum absolute atomic E-state index is 0.204. The number of methoxy groups -OCH3 is 6. The van der Waals surface area contributed by atoms with Gasteiger partial charge in [0.15, 0.2) is 40.6 Å². The summed E-state index contributed by atoms with van der Waals surface area (Å²) in [4.78, 5) is 18.6. The number of hydrogen-bond acceptors (Lipinski definition) is 12. The second-order valence-corrected chi connectivity index (χ2v) is 11.2. The van der Waals surface area contributed by atoms with Crippen LogP contribution in [-0.4, -0.2) is 67.5 Å². The number of nitrogens with one attached hydrogen (secondary N) is 2. The molecule has 50 heavy (non-hydrogen) atoms. The first-order valence-corrected chi connectivity index (χ1v) is 15.8. The topological polar surface area (TPSA) is 137 Å². The van der Waals surface area contributed by atoms with Crippen molar-refractivity contribution in [2.75, 3.05) is 61.2 Å². The Bertz CT molecular complexity index is 1870. The van der Waals surface area contributed by atoms with Crippen molar-refractivity contribution < 1.29 is 47.5 Å². The van der Waals surface area contributed by atoms with Gasteiger partial charge in [-0.25, -0.2) is 0 Å². The standard InChI is InChI=1S/C37H39N3O10/c1-42-24-9-10-26-25(19-24)37(41)39-36(38-26)22-8-12-29(31(16-22)44-3)48-13-14-49-32-15-21(7-11-28(32)43-2)27-20-30(50-40-27)23-17-33(45-4)35(47-6)34(18-23)46-5/h7-12,15-19,30,36,38H,13-14,20H2,1-6H3,(H,39,41). The number of rotatable bonds is 14. The van der Waals surface area contributed by atoms with E-state index in [4.69, 9.17) is 42.7 Å². The van der Waals surface area contributed by atoms with E-state index in [1.807, 2.05) is 48.5 Å². The van der Waals surface area contributed by atoms with Crippen LogP contribution in [0.3, 0.4) is 0 Å². The van der Waals surface area contributed by atoms with Gasteiger partial charge in [-0.05, 0) is 66.2 Å². The molecule has 0 aliphatic carbocycles. The van der Waals surface area contributed by atoms with Gasteiger partial charge >= 0.3 is 0 Å². The van der Waals surface area contributed by atoms with Gasteiger partial charge in [0.25, 0.3) is 5.91 Å². The Morgan fingerprint density at radius 2 is 1.34 bits per heavy atom. The molecule has 0 saturated carbocycles. The van der Waals surface area contributed by atoms with Gasteiger partial charge in [0.05, 0.1) is 53.9 Å². The maximum Gasteiger partial charge on any atom is 0.255 e. The number of amides is 1. The lowest BCUT2D eigenvalue weighted by molar-refractivity contribution is 0.0853. The van der Waals surface area contributed by atoms with Crippen molar-refractivity contribution in [3.63, 3.8) is 0 Å². The Balaban J connectivity index is 1.08. The third-order valence-electron chi connectivity index (χ3n) is 8.39. The number of fused-ring (bicyclic) bond motifs is 1. The Morgan fingerprint density at radius 1 is 0.660 bits per heavy atom. The van der Waals surface area contributed by atoms with E-state index in [0.717, 1.165) is 22.4 Å². The number of nitrogens with zero attached hydrogens (tertiary/aromatic N) is 1. The molecule has 4 aromatic carbocycles. The van der Waals surface area contributed by atoms with Crippen molar-refractivity contribution >= 4 is 17.3 Å². The lowest BCUT2D eigenvalue weighted by Gasteiger charge is -2.28. The van der Waals surface area contributed by atoms with Crippen LogP contribution in [0.15, 0.2) is 71.9 Å². The fourth-order valence-corrected chi connectivity index (χ4v) is 5.80. The van der Waals surface area contributed by atoms with Crippen LogP contribution >= 0.6 is 0 Å². The third-order valence-corrected chi connectivity index (χ3v) is 8.39. The molecule has 2 N–H and O–H groups in total. The Labute approximate surface area is 289 Å². The molecule has 0 aromatic heterocycles. The number of benzene rings is 4. The van der Waals surface area contributed by atoms with Gasteiger partial charge < -0.3 is 53.4 Å². The Morgan fingerprint density at radius 3 is 2.02 bits per heavy atom. The van der Waals surface area contributed by atoms with Gasteiger partial charge in [-0.15, -0.1) is 0 Å². The molecule has 4 aromatic rings. The van der Waals surface area contributed by atoms with E-state index in [0.29, 0.717) is 63.7 Å². The molecule has 0 radical (unpaired) electrons. The van der Waals surface area contributed by atoms with Gasteiger partial charge in [-0.2, -0.15) is 0 Å². The van der Waals surface area contributed by atoms with Crippen LogP contribution in [-0.2, 0) is 4.84 Å². The quantitative estimate of drug-likeness (QED) is 0.153. The summed E-state index contributed by atoms with van der Waals surface area (Å²) in [6.07, 6.45) is -0.281. The number of hydrogen-bond donors (Lipinski definition) is 2. The Hall–Kier alpha value is -5.98. The van der Waals surface area contributed by atoms with E-state index in [-0.39, 0.29) is 25.2 Å². The highest BCUT2D eigenvalue weighted by atomic mass is 16.6. The highest BCUT2D eigenvalue weighted by Crippen LogP contribution is 2.43. The zero-order valence-corrected chi connectivity index (χ0v) is 28.7. The van der Waals surface area contributed by atoms with E-state index >= 15 is 0 Å². The summed E-state index contributed by atoms with van der Waals surface area (Å²) >= 11 is 0. The molecule has 262 valence electrons. The van der Waals surface area contributed by atoms with Gasteiger partial charge in [0.2, 0.25) is 5.75 Å². The van der Waals surface area contributed by atoms with Crippen LogP contribution in [0.4, 0.5) is 5.69 Å². The van der Waals surface area contributed by atoms with Crippen LogP contribution in [0.2, 0.25) is 0 Å². The zero-order chi connectivity index (χ0) is 35.2. The average molecular weight is 686 g/mol. The highest BCUT2D eigenvalue weighted by molar-refractivity contribution is 6.02. The summed E-state index contributed by atoms with van der Waals surface area (Å²) in [5.41, 5.74) is 4.45. The summed E-state index contributed by atoms with van der Waals surface area (Å²) in [5, 5.41) is 10.7. The summed E-state index contributed by atoms with van der Waals surface area (Å²) in [5.74, 6) is 4.14. The molecule has 13 nitrogen and oxygen atoms in total. The van der Waals surface area contributed by atoms with Crippen molar-refractivity contribution in [3.05, 3.63) is 89.0 Å². The van der Waals surface area contributed by atoms with Crippen LogP contribution in [0, 0.1) is 0 Å².